The molecule has 0 unspecified atom stereocenters. The van der Waals surface area contributed by atoms with Crippen LogP contribution in [0.25, 0.3) is 22.3 Å². The summed E-state index contributed by atoms with van der Waals surface area (Å²) in [6.07, 6.45) is 3.28. The van der Waals surface area contributed by atoms with Crippen LogP contribution in [0.15, 0.2) is 34.7 Å². The molecule has 2 aromatic carbocycles. The predicted octanol–water partition coefficient (Wildman–Crippen LogP) is 5.27. The van der Waals surface area contributed by atoms with Gasteiger partial charge >= 0.3 is 0 Å². The Hall–Kier alpha value is -2.36. The van der Waals surface area contributed by atoms with E-state index in [1.54, 1.807) is 13.0 Å². The van der Waals surface area contributed by atoms with Gasteiger partial charge in [0, 0.05) is 5.39 Å². The summed E-state index contributed by atoms with van der Waals surface area (Å²) in [5.74, 6) is -1.66. The fourth-order valence-corrected chi connectivity index (χ4v) is 3.23. The van der Waals surface area contributed by atoms with Crippen LogP contribution in [0.5, 0.6) is 5.75 Å². The molecule has 0 saturated heterocycles. The van der Waals surface area contributed by atoms with Gasteiger partial charge in [0.05, 0.1) is 12.2 Å². The van der Waals surface area contributed by atoms with Gasteiger partial charge in [-0.05, 0) is 67.6 Å². The molecule has 1 aliphatic rings. The van der Waals surface area contributed by atoms with E-state index in [4.69, 9.17) is 9.15 Å². The van der Waals surface area contributed by atoms with Gasteiger partial charge in [-0.15, -0.1) is 0 Å². The van der Waals surface area contributed by atoms with E-state index in [0.29, 0.717) is 11.3 Å². The van der Waals surface area contributed by atoms with Gasteiger partial charge in [0.25, 0.3) is 0 Å². The summed E-state index contributed by atoms with van der Waals surface area (Å²) >= 11 is 0. The molecule has 0 bridgehead atoms. The Morgan fingerprint density at radius 2 is 1.83 bits per heavy atom. The van der Waals surface area contributed by atoms with Crippen LogP contribution in [0.4, 0.5) is 8.78 Å². The van der Waals surface area contributed by atoms with Crippen molar-refractivity contribution in [1.29, 1.82) is 0 Å². The van der Waals surface area contributed by atoms with Crippen molar-refractivity contribution in [3.63, 3.8) is 0 Å². The predicted molar refractivity (Wildman–Crippen MR) is 84.8 cm³/mol. The lowest BCUT2D eigenvalue weighted by Crippen LogP contribution is -1.98. The molecular weight excluding hydrogens is 298 g/mol. The smallest absolute Gasteiger partial charge is 0.201 e. The maximum Gasteiger partial charge on any atom is 0.201 e. The fraction of sp³-hybridized carbons (Fsp3) is 0.263. The fourth-order valence-electron chi connectivity index (χ4n) is 3.23. The van der Waals surface area contributed by atoms with Crippen LogP contribution in [0, 0.1) is 11.6 Å². The normalized spacial score (nSPS) is 13.5. The van der Waals surface area contributed by atoms with E-state index in [1.807, 2.05) is 6.07 Å². The zero-order chi connectivity index (χ0) is 16.0. The second kappa shape index (κ2) is 5.37. The molecule has 0 atom stereocenters. The Labute approximate surface area is 132 Å². The SMILES string of the molecule is CCOc1ccc(-c2cc3cc4c(cc3o2)CCC4)c(F)c1F. The van der Waals surface area contributed by atoms with Crippen molar-refractivity contribution in [1.82, 2.24) is 0 Å². The second-order valence-electron chi connectivity index (χ2n) is 5.80. The molecule has 0 aliphatic heterocycles. The van der Waals surface area contributed by atoms with Crippen LogP contribution < -0.4 is 4.74 Å². The average molecular weight is 314 g/mol. The van der Waals surface area contributed by atoms with E-state index in [2.05, 4.69) is 6.07 Å². The largest absolute Gasteiger partial charge is 0.491 e. The molecule has 1 aliphatic carbocycles. The Morgan fingerprint density at radius 3 is 2.61 bits per heavy atom. The van der Waals surface area contributed by atoms with Crippen molar-refractivity contribution >= 4 is 11.0 Å². The lowest BCUT2D eigenvalue weighted by Gasteiger charge is -2.07. The zero-order valence-corrected chi connectivity index (χ0v) is 12.8. The minimum atomic E-state index is -0.979. The molecule has 1 heterocycles. The van der Waals surface area contributed by atoms with Crippen molar-refractivity contribution < 1.29 is 17.9 Å². The quantitative estimate of drug-likeness (QED) is 0.657. The first-order valence-corrected chi connectivity index (χ1v) is 7.84. The summed E-state index contributed by atoms with van der Waals surface area (Å²) < 4.78 is 39.2. The topological polar surface area (TPSA) is 22.4 Å². The highest BCUT2D eigenvalue weighted by Crippen LogP contribution is 2.35. The Bertz CT molecular complexity index is 855. The number of hydrogen-bond acceptors (Lipinski definition) is 2. The van der Waals surface area contributed by atoms with E-state index < -0.39 is 11.6 Å². The van der Waals surface area contributed by atoms with Crippen LogP contribution in [-0.2, 0) is 12.8 Å². The maximum atomic E-state index is 14.3. The van der Waals surface area contributed by atoms with Crippen LogP contribution in [0.1, 0.15) is 24.5 Å². The van der Waals surface area contributed by atoms with Gasteiger partial charge in [-0.2, -0.15) is 4.39 Å². The summed E-state index contributed by atoms with van der Waals surface area (Å²) in [6.45, 7) is 2.01. The van der Waals surface area contributed by atoms with Gasteiger partial charge in [0.15, 0.2) is 11.6 Å². The monoisotopic (exact) mass is 314 g/mol. The molecule has 4 heteroatoms. The molecule has 23 heavy (non-hydrogen) atoms. The van der Waals surface area contributed by atoms with E-state index in [-0.39, 0.29) is 17.9 Å². The van der Waals surface area contributed by atoms with E-state index in [0.717, 1.165) is 24.6 Å². The molecule has 3 aromatic rings. The Kier molecular flexibility index (Phi) is 3.33. The standard InChI is InChI=1S/C19H16F2O2/c1-2-22-15-7-6-14(18(20)19(15)21)17-10-13-8-11-4-3-5-12(11)9-16(13)23-17/h6-10H,2-5H2,1H3. The lowest BCUT2D eigenvalue weighted by molar-refractivity contribution is 0.314. The third-order valence-electron chi connectivity index (χ3n) is 4.34. The van der Waals surface area contributed by atoms with Crippen molar-refractivity contribution in [2.45, 2.75) is 26.2 Å². The Balaban J connectivity index is 1.81. The maximum absolute atomic E-state index is 14.3. The minimum Gasteiger partial charge on any atom is -0.491 e. The van der Waals surface area contributed by atoms with Gasteiger partial charge < -0.3 is 9.15 Å². The first kappa shape index (κ1) is 14.2. The number of halogens is 2. The number of rotatable bonds is 3. The molecular formula is C19H16F2O2. The summed E-state index contributed by atoms with van der Waals surface area (Å²) in [7, 11) is 0. The molecule has 2 nitrogen and oxygen atoms in total. The van der Waals surface area contributed by atoms with Gasteiger partial charge in [-0.1, -0.05) is 0 Å². The van der Waals surface area contributed by atoms with E-state index in [9.17, 15) is 8.78 Å². The zero-order valence-electron chi connectivity index (χ0n) is 12.8. The number of furan rings is 1. The lowest BCUT2D eigenvalue weighted by atomic mass is 10.1. The van der Waals surface area contributed by atoms with Gasteiger partial charge in [-0.3, -0.25) is 0 Å². The molecule has 4 rings (SSSR count). The second-order valence-corrected chi connectivity index (χ2v) is 5.80. The molecule has 1 aromatic heterocycles. The first-order valence-electron chi connectivity index (χ1n) is 7.84. The van der Waals surface area contributed by atoms with Gasteiger partial charge in [0.1, 0.15) is 11.3 Å². The highest BCUT2D eigenvalue weighted by atomic mass is 19.2. The number of fused-ring (bicyclic) bond motifs is 2. The van der Waals surface area contributed by atoms with Crippen molar-refractivity contribution in [2.24, 2.45) is 0 Å². The molecule has 0 radical (unpaired) electrons. The van der Waals surface area contributed by atoms with Gasteiger partial charge in [0.2, 0.25) is 5.82 Å². The third kappa shape index (κ3) is 2.29. The van der Waals surface area contributed by atoms with Crippen molar-refractivity contribution in [3.8, 4) is 17.1 Å². The first-order chi connectivity index (χ1) is 11.2. The van der Waals surface area contributed by atoms with Crippen LogP contribution in [0.2, 0.25) is 0 Å². The minimum absolute atomic E-state index is 0.0798. The molecule has 0 fully saturated rings. The number of hydrogen-bond donors (Lipinski definition) is 0. The highest BCUT2D eigenvalue weighted by molar-refractivity contribution is 5.84. The number of ether oxygens (including phenoxy) is 1. The summed E-state index contributed by atoms with van der Waals surface area (Å²) in [6, 6.07) is 8.81. The third-order valence-corrected chi connectivity index (χ3v) is 4.34. The summed E-state index contributed by atoms with van der Waals surface area (Å²) in [4.78, 5) is 0. The van der Waals surface area contributed by atoms with Crippen molar-refractivity contribution in [2.75, 3.05) is 6.61 Å². The molecule has 0 saturated carbocycles. The molecule has 0 N–H and O–H groups in total. The number of benzene rings is 2. The van der Waals surface area contributed by atoms with Crippen LogP contribution >= 0.6 is 0 Å². The van der Waals surface area contributed by atoms with Crippen LogP contribution in [-0.4, -0.2) is 6.61 Å². The number of aryl methyl sites for hydroxylation is 2. The molecule has 0 spiro atoms. The van der Waals surface area contributed by atoms with Crippen LogP contribution in [0.3, 0.4) is 0 Å². The summed E-state index contributed by atoms with van der Waals surface area (Å²) in [5, 5.41) is 0.925. The molecule has 118 valence electrons. The molecule has 0 amide bonds. The highest BCUT2D eigenvalue weighted by Gasteiger charge is 2.19. The van der Waals surface area contributed by atoms with E-state index in [1.165, 1.54) is 23.3 Å². The van der Waals surface area contributed by atoms with E-state index >= 15 is 0 Å². The van der Waals surface area contributed by atoms with Crippen molar-refractivity contribution in [3.05, 3.63) is 53.1 Å². The average Bonchev–Trinajstić information content (AvgIpc) is 3.15. The Morgan fingerprint density at radius 1 is 1.04 bits per heavy atom. The van der Waals surface area contributed by atoms with Gasteiger partial charge in [-0.25, -0.2) is 4.39 Å². The summed E-state index contributed by atoms with van der Waals surface area (Å²) in [5.41, 5.74) is 3.44.